The Balaban J connectivity index is 2.21. The van der Waals surface area contributed by atoms with E-state index in [4.69, 9.17) is 16.2 Å². The molecule has 0 atom stereocenters. The van der Waals surface area contributed by atoms with Crippen molar-refractivity contribution in [3.05, 3.63) is 17.8 Å². The minimum Gasteiger partial charge on any atom is -0.480 e. The molecule has 1 saturated carbocycles. The SMILES string of the molecule is COc1ncc(NC(=O)C2(N)CC2)cc1C(N)=O. The number of carbonyl (C=O) groups excluding carboxylic acids is 2. The number of rotatable bonds is 4. The van der Waals surface area contributed by atoms with E-state index >= 15 is 0 Å². The first-order valence-electron chi connectivity index (χ1n) is 5.40. The maximum absolute atomic E-state index is 11.7. The number of nitrogens with one attached hydrogen (secondary N) is 1. The smallest absolute Gasteiger partial charge is 0.254 e. The molecule has 2 amide bonds. The molecule has 7 heteroatoms. The lowest BCUT2D eigenvalue weighted by atomic mass is 10.2. The Bertz CT molecular complexity index is 511. The minimum absolute atomic E-state index is 0.108. The predicted octanol–water partition coefficient (Wildman–Crippen LogP) is -0.381. The van der Waals surface area contributed by atoms with E-state index in [0.717, 1.165) is 0 Å². The fourth-order valence-electron chi connectivity index (χ4n) is 1.48. The third kappa shape index (κ3) is 2.25. The van der Waals surface area contributed by atoms with Gasteiger partial charge in [0.2, 0.25) is 11.8 Å². The van der Waals surface area contributed by atoms with Crippen molar-refractivity contribution in [1.82, 2.24) is 4.98 Å². The quantitative estimate of drug-likeness (QED) is 0.672. The Morgan fingerprint density at radius 1 is 1.50 bits per heavy atom. The summed E-state index contributed by atoms with van der Waals surface area (Å²) in [6, 6.07) is 1.41. The molecule has 0 radical (unpaired) electrons. The molecule has 1 aliphatic carbocycles. The second-order valence-corrected chi connectivity index (χ2v) is 4.26. The van der Waals surface area contributed by atoms with Crippen LogP contribution in [0.1, 0.15) is 23.2 Å². The van der Waals surface area contributed by atoms with Gasteiger partial charge in [0.1, 0.15) is 5.56 Å². The number of hydrogen-bond acceptors (Lipinski definition) is 5. The molecule has 96 valence electrons. The Kier molecular flexibility index (Phi) is 2.92. The number of carbonyl (C=O) groups is 2. The predicted molar refractivity (Wildman–Crippen MR) is 64.1 cm³/mol. The lowest BCUT2D eigenvalue weighted by Crippen LogP contribution is -2.37. The molecule has 0 aliphatic heterocycles. The highest BCUT2D eigenvalue weighted by Crippen LogP contribution is 2.33. The Labute approximate surface area is 104 Å². The third-order valence-electron chi connectivity index (χ3n) is 2.81. The average molecular weight is 250 g/mol. The lowest BCUT2D eigenvalue weighted by molar-refractivity contribution is -0.118. The van der Waals surface area contributed by atoms with E-state index in [1.165, 1.54) is 19.4 Å². The number of pyridine rings is 1. The van der Waals surface area contributed by atoms with Gasteiger partial charge in [0.15, 0.2) is 0 Å². The van der Waals surface area contributed by atoms with Crippen LogP contribution in [-0.4, -0.2) is 29.4 Å². The van der Waals surface area contributed by atoms with Crippen LogP contribution in [0.4, 0.5) is 5.69 Å². The van der Waals surface area contributed by atoms with Crippen LogP contribution in [0.15, 0.2) is 12.3 Å². The highest BCUT2D eigenvalue weighted by Gasteiger charge is 2.46. The summed E-state index contributed by atoms with van der Waals surface area (Å²) in [4.78, 5) is 26.8. The monoisotopic (exact) mass is 250 g/mol. The summed E-state index contributed by atoms with van der Waals surface area (Å²) in [5.74, 6) is -0.844. The minimum atomic E-state index is -0.785. The molecule has 18 heavy (non-hydrogen) atoms. The number of methoxy groups -OCH3 is 1. The number of aromatic nitrogens is 1. The molecule has 1 heterocycles. The van der Waals surface area contributed by atoms with E-state index in [-0.39, 0.29) is 17.4 Å². The van der Waals surface area contributed by atoms with Gasteiger partial charge in [0.25, 0.3) is 5.91 Å². The van der Waals surface area contributed by atoms with Crippen molar-refractivity contribution < 1.29 is 14.3 Å². The van der Waals surface area contributed by atoms with E-state index in [9.17, 15) is 9.59 Å². The van der Waals surface area contributed by atoms with Crippen LogP contribution < -0.4 is 21.5 Å². The average Bonchev–Trinajstić information content (AvgIpc) is 3.08. The number of nitrogens with zero attached hydrogens (tertiary/aromatic N) is 1. The Hall–Kier alpha value is -2.15. The van der Waals surface area contributed by atoms with Gasteiger partial charge in [-0.3, -0.25) is 9.59 Å². The summed E-state index contributed by atoms with van der Waals surface area (Å²) in [5, 5.41) is 2.60. The van der Waals surface area contributed by atoms with Crippen molar-refractivity contribution >= 4 is 17.5 Å². The van der Waals surface area contributed by atoms with Crippen LogP contribution in [-0.2, 0) is 4.79 Å². The van der Waals surface area contributed by atoms with Crippen LogP contribution in [0.2, 0.25) is 0 Å². The van der Waals surface area contributed by atoms with Gasteiger partial charge >= 0.3 is 0 Å². The number of ether oxygens (including phenoxy) is 1. The summed E-state index contributed by atoms with van der Waals surface area (Å²) in [6.45, 7) is 0. The number of amides is 2. The fraction of sp³-hybridized carbons (Fsp3) is 0.364. The first-order valence-corrected chi connectivity index (χ1v) is 5.40. The summed E-state index contributed by atoms with van der Waals surface area (Å²) < 4.78 is 4.90. The van der Waals surface area contributed by atoms with E-state index in [1.807, 2.05) is 0 Å². The van der Waals surface area contributed by atoms with Crippen molar-refractivity contribution in [3.63, 3.8) is 0 Å². The standard InChI is InChI=1S/C11H14N4O3/c1-18-9-7(8(12)16)4-6(5-14-9)15-10(17)11(13)2-3-11/h4-5H,2-3,13H2,1H3,(H2,12,16)(H,15,17). The molecular formula is C11H14N4O3. The zero-order valence-electron chi connectivity index (χ0n) is 9.90. The number of nitrogens with two attached hydrogens (primary N) is 2. The van der Waals surface area contributed by atoms with E-state index in [2.05, 4.69) is 10.3 Å². The zero-order valence-corrected chi connectivity index (χ0v) is 9.90. The second-order valence-electron chi connectivity index (χ2n) is 4.26. The normalized spacial score (nSPS) is 15.9. The van der Waals surface area contributed by atoms with E-state index < -0.39 is 11.4 Å². The highest BCUT2D eigenvalue weighted by atomic mass is 16.5. The van der Waals surface area contributed by atoms with Crippen molar-refractivity contribution in [3.8, 4) is 5.88 Å². The number of hydrogen-bond donors (Lipinski definition) is 3. The van der Waals surface area contributed by atoms with Gasteiger partial charge in [0.05, 0.1) is 24.5 Å². The van der Waals surface area contributed by atoms with Gasteiger partial charge in [-0.05, 0) is 18.9 Å². The van der Waals surface area contributed by atoms with Crippen molar-refractivity contribution in [2.75, 3.05) is 12.4 Å². The van der Waals surface area contributed by atoms with Gasteiger partial charge in [-0.25, -0.2) is 4.98 Å². The lowest BCUT2D eigenvalue weighted by Gasteiger charge is -2.11. The first kappa shape index (κ1) is 12.3. The van der Waals surface area contributed by atoms with Crippen LogP contribution in [0, 0.1) is 0 Å². The van der Waals surface area contributed by atoms with Crippen LogP contribution in [0.3, 0.4) is 0 Å². The summed E-state index contributed by atoms with van der Waals surface area (Å²) in [5.41, 5.74) is 10.6. The zero-order chi connectivity index (χ0) is 13.3. The molecule has 7 nitrogen and oxygen atoms in total. The molecule has 1 aromatic rings. The summed E-state index contributed by atoms with van der Waals surface area (Å²) in [6.07, 6.45) is 2.70. The van der Waals surface area contributed by atoms with E-state index in [0.29, 0.717) is 18.5 Å². The maximum Gasteiger partial charge on any atom is 0.254 e. The molecule has 1 aliphatic rings. The molecule has 2 rings (SSSR count). The molecule has 1 fully saturated rings. The molecule has 0 aromatic carbocycles. The Morgan fingerprint density at radius 3 is 2.67 bits per heavy atom. The number of anilines is 1. The Morgan fingerprint density at radius 2 is 2.17 bits per heavy atom. The summed E-state index contributed by atoms with van der Waals surface area (Å²) in [7, 11) is 1.38. The van der Waals surface area contributed by atoms with Gasteiger partial charge in [-0.15, -0.1) is 0 Å². The fourth-order valence-corrected chi connectivity index (χ4v) is 1.48. The largest absolute Gasteiger partial charge is 0.480 e. The molecule has 0 saturated heterocycles. The topological polar surface area (TPSA) is 120 Å². The molecular weight excluding hydrogens is 236 g/mol. The van der Waals surface area contributed by atoms with Crippen molar-refractivity contribution in [2.45, 2.75) is 18.4 Å². The van der Waals surface area contributed by atoms with Crippen molar-refractivity contribution in [2.24, 2.45) is 11.5 Å². The van der Waals surface area contributed by atoms with Gasteiger partial charge in [0, 0.05) is 0 Å². The van der Waals surface area contributed by atoms with Gasteiger partial charge in [-0.2, -0.15) is 0 Å². The van der Waals surface area contributed by atoms with Crippen LogP contribution >= 0.6 is 0 Å². The first-order chi connectivity index (χ1) is 8.46. The maximum atomic E-state index is 11.7. The van der Waals surface area contributed by atoms with Gasteiger partial charge < -0.3 is 21.5 Å². The molecule has 0 bridgehead atoms. The van der Waals surface area contributed by atoms with Crippen LogP contribution in [0.25, 0.3) is 0 Å². The highest BCUT2D eigenvalue weighted by molar-refractivity contribution is 6.01. The van der Waals surface area contributed by atoms with Gasteiger partial charge in [-0.1, -0.05) is 0 Å². The molecule has 1 aromatic heterocycles. The molecule has 5 N–H and O–H groups in total. The second kappa shape index (κ2) is 4.26. The number of primary amides is 1. The van der Waals surface area contributed by atoms with Crippen LogP contribution in [0.5, 0.6) is 5.88 Å². The molecule has 0 unspecified atom stereocenters. The van der Waals surface area contributed by atoms with Crippen molar-refractivity contribution in [1.29, 1.82) is 0 Å². The van der Waals surface area contributed by atoms with E-state index in [1.54, 1.807) is 0 Å². The molecule has 0 spiro atoms. The summed E-state index contributed by atoms with van der Waals surface area (Å²) >= 11 is 0. The third-order valence-corrected chi connectivity index (χ3v) is 2.81.